The average molecular weight is 269 g/mol. The van der Waals surface area contributed by atoms with Crippen LogP contribution in [0.2, 0.25) is 0 Å². The van der Waals surface area contributed by atoms with Gasteiger partial charge in [0.05, 0.1) is 16.9 Å². The molecule has 0 bridgehead atoms. The van der Waals surface area contributed by atoms with Crippen LogP contribution in [0.1, 0.15) is 50.3 Å². The molecule has 1 aromatic heterocycles. The summed E-state index contributed by atoms with van der Waals surface area (Å²) < 4.78 is 2.43. The molecule has 0 saturated heterocycles. The fraction of sp³-hybridized carbons (Fsp3) is 0.471. The molecule has 106 valence electrons. The van der Waals surface area contributed by atoms with Crippen LogP contribution in [0.3, 0.4) is 0 Å². The molecule has 20 heavy (non-hydrogen) atoms. The van der Waals surface area contributed by atoms with Crippen LogP contribution in [0.4, 0.5) is 5.82 Å². The zero-order chi connectivity index (χ0) is 14.2. The SMILES string of the molecule is C=Cc1cc2n(c1N=CC)C1(CCCCC1)CNC2=C. The summed E-state index contributed by atoms with van der Waals surface area (Å²) in [7, 11) is 0. The molecule has 3 rings (SSSR count). The second-order valence-electron chi connectivity index (χ2n) is 5.85. The zero-order valence-corrected chi connectivity index (χ0v) is 12.3. The van der Waals surface area contributed by atoms with Gasteiger partial charge in [-0.2, -0.15) is 0 Å². The molecule has 2 heterocycles. The topological polar surface area (TPSA) is 29.3 Å². The minimum absolute atomic E-state index is 0.165. The molecule has 0 radical (unpaired) electrons. The molecule has 1 spiro atoms. The van der Waals surface area contributed by atoms with Crippen molar-refractivity contribution in [1.82, 2.24) is 9.88 Å². The number of aliphatic imine (C=N–C) groups is 1. The van der Waals surface area contributed by atoms with Crippen molar-refractivity contribution in [3.63, 3.8) is 0 Å². The highest BCUT2D eigenvalue weighted by Crippen LogP contribution is 2.44. The Hall–Kier alpha value is -1.77. The van der Waals surface area contributed by atoms with Crippen LogP contribution in [0, 0.1) is 0 Å². The van der Waals surface area contributed by atoms with Gasteiger partial charge in [-0.15, -0.1) is 0 Å². The van der Waals surface area contributed by atoms with Gasteiger partial charge in [0.2, 0.25) is 0 Å². The smallest absolute Gasteiger partial charge is 0.140 e. The largest absolute Gasteiger partial charge is 0.381 e. The van der Waals surface area contributed by atoms with Crippen LogP contribution in [-0.4, -0.2) is 17.3 Å². The minimum atomic E-state index is 0.165. The fourth-order valence-electron chi connectivity index (χ4n) is 3.68. The maximum absolute atomic E-state index is 4.63. The summed E-state index contributed by atoms with van der Waals surface area (Å²) in [5, 5.41) is 3.50. The van der Waals surface area contributed by atoms with Gasteiger partial charge in [-0.1, -0.05) is 38.5 Å². The van der Waals surface area contributed by atoms with Crippen molar-refractivity contribution in [3.8, 4) is 0 Å². The van der Waals surface area contributed by atoms with Gasteiger partial charge in [-0.25, -0.2) is 4.99 Å². The lowest BCUT2D eigenvalue weighted by Crippen LogP contribution is -2.48. The van der Waals surface area contributed by atoms with E-state index in [1.165, 1.54) is 37.8 Å². The molecule has 1 aromatic rings. The first kappa shape index (κ1) is 13.2. The Labute approximate surface area is 121 Å². The fourth-order valence-corrected chi connectivity index (χ4v) is 3.68. The highest BCUT2D eigenvalue weighted by Gasteiger charge is 2.40. The summed E-state index contributed by atoms with van der Waals surface area (Å²) in [5.74, 6) is 1.04. The maximum atomic E-state index is 4.63. The third kappa shape index (κ3) is 1.84. The van der Waals surface area contributed by atoms with E-state index in [4.69, 9.17) is 0 Å². The zero-order valence-electron chi connectivity index (χ0n) is 12.3. The molecule has 1 N–H and O–H groups in total. The number of hydrogen-bond acceptors (Lipinski definition) is 2. The summed E-state index contributed by atoms with van der Waals surface area (Å²) in [4.78, 5) is 4.63. The Bertz CT molecular complexity index is 571. The maximum Gasteiger partial charge on any atom is 0.140 e. The number of nitrogens with zero attached hydrogens (tertiary/aromatic N) is 2. The van der Waals surface area contributed by atoms with E-state index in [1.54, 1.807) is 0 Å². The van der Waals surface area contributed by atoms with E-state index in [0.717, 1.165) is 23.6 Å². The van der Waals surface area contributed by atoms with Gasteiger partial charge < -0.3 is 9.88 Å². The Balaban J connectivity index is 2.22. The van der Waals surface area contributed by atoms with Crippen LogP contribution in [-0.2, 0) is 5.54 Å². The van der Waals surface area contributed by atoms with Crippen LogP contribution in [0.5, 0.6) is 0 Å². The van der Waals surface area contributed by atoms with E-state index in [-0.39, 0.29) is 5.54 Å². The normalized spacial score (nSPS) is 20.9. The van der Waals surface area contributed by atoms with E-state index in [1.807, 2.05) is 19.2 Å². The van der Waals surface area contributed by atoms with Crippen molar-refractivity contribution in [2.75, 3.05) is 6.54 Å². The summed E-state index contributed by atoms with van der Waals surface area (Å²) in [6.07, 6.45) is 10.2. The summed E-state index contributed by atoms with van der Waals surface area (Å²) in [6, 6.07) is 2.17. The lowest BCUT2D eigenvalue weighted by molar-refractivity contribution is 0.187. The quantitative estimate of drug-likeness (QED) is 0.805. The number of hydrogen-bond donors (Lipinski definition) is 1. The second-order valence-corrected chi connectivity index (χ2v) is 5.85. The van der Waals surface area contributed by atoms with Gasteiger partial charge in [0, 0.05) is 18.3 Å². The highest BCUT2D eigenvalue weighted by molar-refractivity contribution is 5.75. The Morgan fingerprint density at radius 2 is 2.10 bits per heavy atom. The van der Waals surface area contributed by atoms with Crippen LogP contribution < -0.4 is 5.32 Å². The van der Waals surface area contributed by atoms with Crippen molar-refractivity contribution in [2.45, 2.75) is 44.6 Å². The first-order chi connectivity index (χ1) is 9.72. The van der Waals surface area contributed by atoms with Crippen molar-refractivity contribution in [3.05, 3.63) is 30.5 Å². The van der Waals surface area contributed by atoms with E-state index in [2.05, 4.69) is 34.1 Å². The van der Waals surface area contributed by atoms with Crippen LogP contribution in [0.25, 0.3) is 11.8 Å². The molecule has 0 atom stereocenters. The highest BCUT2D eigenvalue weighted by atomic mass is 15.2. The lowest BCUT2D eigenvalue weighted by atomic mass is 9.80. The Morgan fingerprint density at radius 1 is 1.35 bits per heavy atom. The average Bonchev–Trinajstić information content (AvgIpc) is 2.85. The van der Waals surface area contributed by atoms with Gasteiger partial charge in [0.15, 0.2) is 0 Å². The third-order valence-electron chi connectivity index (χ3n) is 4.67. The lowest BCUT2D eigenvalue weighted by Gasteiger charge is -2.44. The molecular weight excluding hydrogens is 246 g/mol. The van der Waals surface area contributed by atoms with Gasteiger partial charge in [-0.3, -0.25) is 0 Å². The Morgan fingerprint density at radius 3 is 2.75 bits per heavy atom. The predicted molar refractivity (Wildman–Crippen MR) is 86.4 cm³/mol. The van der Waals surface area contributed by atoms with E-state index < -0.39 is 0 Å². The number of rotatable bonds is 2. The minimum Gasteiger partial charge on any atom is -0.381 e. The third-order valence-corrected chi connectivity index (χ3v) is 4.67. The van der Waals surface area contributed by atoms with E-state index in [0.29, 0.717) is 0 Å². The molecule has 0 unspecified atom stereocenters. The molecule has 2 aliphatic rings. The molecule has 1 aliphatic carbocycles. The molecule has 1 aliphatic heterocycles. The first-order valence-corrected chi connectivity index (χ1v) is 7.52. The van der Waals surface area contributed by atoms with Gasteiger partial charge in [0.1, 0.15) is 5.82 Å². The summed E-state index contributed by atoms with van der Waals surface area (Å²) >= 11 is 0. The molecule has 3 heteroatoms. The van der Waals surface area contributed by atoms with Crippen molar-refractivity contribution in [1.29, 1.82) is 0 Å². The van der Waals surface area contributed by atoms with E-state index in [9.17, 15) is 0 Å². The van der Waals surface area contributed by atoms with Gasteiger partial charge in [0.25, 0.3) is 0 Å². The number of aromatic nitrogens is 1. The monoisotopic (exact) mass is 269 g/mol. The molecular formula is C17H23N3. The predicted octanol–water partition coefficient (Wildman–Crippen LogP) is 4.09. The molecule has 1 fully saturated rings. The second kappa shape index (κ2) is 4.97. The molecule has 1 saturated carbocycles. The van der Waals surface area contributed by atoms with Crippen molar-refractivity contribution in [2.24, 2.45) is 4.99 Å². The van der Waals surface area contributed by atoms with Crippen LogP contribution in [0.15, 0.2) is 24.2 Å². The number of nitrogens with one attached hydrogen (secondary N) is 1. The van der Waals surface area contributed by atoms with Gasteiger partial charge in [-0.05, 0) is 25.8 Å². The Kier molecular flexibility index (Phi) is 3.28. The summed E-state index contributed by atoms with van der Waals surface area (Å²) in [5.41, 5.74) is 3.45. The molecule has 0 amide bonds. The van der Waals surface area contributed by atoms with Gasteiger partial charge >= 0.3 is 0 Å². The molecule has 0 aromatic carbocycles. The summed E-state index contributed by atoms with van der Waals surface area (Å²) in [6.45, 7) is 11.0. The standard InChI is InChI=1S/C17H23N3/c1-4-14-11-15-13(3)19-12-17(9-7-6-8-10-17)20(15)16(14)18-5-2/h4-5,11,19H,1,3,6-10,12H2,2H3. The first-order valence-electron chi connectivity index (χ1n) is 7.52. The van der Waals surface area contributed by atoms with Crippen molar-refractivity contribution < 1.29 is 0 Å². The number of fused-ring (bicyclic) bond motifs is 2. The van der Waals surface area contributed by atoms with Crippen molar-refractivity contribution >= 4 is 23.8 Å². The van der Waals surface area contributed by atoms with E-state index >= 15 is 0 Å². The molecule has 3 nitrogen and oxygen atoms in total. The van der Waals surface area contributed by atoms with Crippen LogP contribution >= 0.6 is 0 Å².